The first-order valence-corrected chi connectivity index (χ1v) is 7.15. The zero-order chi connectivity index (χ0) is 14.3. The molecule has 0 fully saturated rings. The molecule has 1 aromatic heterocycles. The van der Waals surface area contributed by atoms with Crippen LogP contribution < -0.4 is 5.32 Å². The van der Waals surface area contributed by atoms with Gasteiger partial charge >= 0.3 is 0 Å². The van der Waals surface area contributed by atoms with E-state index >= 15 is 0 Å². The van der Waals surface area contributed by atoms with Crippen molar-refractivity contribution in [1.82, 2.24) is 25.5 Å². The standard InChI is InChI=1S/C11H21N5O2S/c1-8(2)16-11(13-14-15-16)19-9(3)10(17)12-6-5-7-18-4/h8-9H,5-7H2,1-4H3,(H,12,17). The van der Waals surface area contributed by atoms with E-state index in [1.165, 1.54) is 11.8 Å². The van der Waals surface area contributed by atoms with Crippen molar-refractivity contribution in [2.24, 2.45) is 0 Å². The first-order chi connectivity index (χ1) is 9.06. The summed E-state index contributed by atoms with van der Waals surface area (Å²) in [6.07, 6.45) is 0.809. The van der Waals surface area contributed by atoms with Crippen LogP contribution in [-0.2, 0) is 9.53 Å². The second kappa shape index (κ2) is 8.11. The fraction of sp³-hybridized carbons (Fsp3) is 0.818. The number of ether oxygens (including phenoxy) is 1. The van der Waals surface area contributed by atoms with Crippen LogP contribution in [0.3, 0.4) is 0 Å². The highest BCUT2D eigenvalue weighted by molar-refractivity contribution is 8.00. The van der Waals surface area contributed by atoms with E-state index in [1.54, 1.807) is 11.8 Å². The number of carbonyl (C=O) groups excluding carboxylic acids is 1. The number of rotatable bonds is 8. The molecule has 1 N–H and O–H groups in total. The van der Waals surface area contributed by atoms with Crippen LogP contribution >= 0.6 is 11.8 Å². The number of thioether (sulfide) groups is 1. The third-order valence-electron chi connectivity index (χ3n) is 2.43. The summed E-state index contributed by atoms with van der Waals surface area (Å²) in [6, 6.07) is 0.175. The van der Waals surface area contributed by atoms with Gasteiger partial charge in [-0.1, -0.05) is 11.8 Å². The Balaban J connectivity index is 2.43. The summed E-state index contributed by atoms with van der Waals surface area (Å²) >= 11 is 1.36. The van der Waals surface area contributed by atoms with Gasteiger partial charge in [-0.3, -0.25) is 4.79 Å². The predicted molar refractivity (Wildman–Crippen MR) is 73.0 cm³/mol. The van der Waals surface area contributed by atoms with Gasteiger partial charge in [-0.15, -0.1) is 5.10 Å². The molecule has 1 rings (SSSR count). The number of hydrogen-bond donors (Lipinski definition) is 1. The Hall–Kier alpha value is -1.15. The molecule has 108 valence electrons. The van der Waals surface area contributed by atoms with Crippen LogP contribution in [0.1, 0.15) is 33.2 Å². The van der Waals surface area contributed by atoms with Gasteiger partial charge in [-0.2, -0.15) is 0 Å². The van der Waals surface area contributed by atoms with Crippen molar-refractivity contribution in [2.75, 3.05) is 20.3 Å². The van der Waals surface area contributed by atoms with Gasteiger partial charge in [0.2, 0.25) is 11.1 Å². The molecule has 7 nitrogen and oxygen atoms in total. The lowest BCUT2D eigenvalue weighted by atomic mass is 10.4. The van der Waals surface area contributed by atoms with Gasteiger partial charge in [0.1, 0.15) is 0 Å². The Morgan fingerprint density at radius 1 is 1.47 bits per heavy atom. The Bertz CT molecular complexity index is 396. The highest BCUT2D eigenvalue weighted by atomic mass is 32.2. The molecule has 1 unspecified atom stereocenters. The smallest absolute Gasteiger partial charge is 0.233 e. The minimum atomic E-state index is -0.231. The molecule has 1 heterocycles. The van der Waals surface area contributed by atoms with Crippen LogP contribution in [0.2, 0.25) is 0 Å². The van der Waals surface area contributed by atoms with Crippen LogP contribution in [0.15, 0.2) is 5.16 Å². The third-order valence-corrected chi connectivity index (χ3v) is 3.47. The molecule has 0 bridgehead atoms. The van der Waals surface area contributed by atoms with Crippen LogP contribution in [-0.4, -0.2) is 51.6 Å². The third kappa shape index (κ3) is 5.15. The van der Waals surface area contributed by atoms with E-state index in [0.29, 0.717) is 18.3 Å². The zero-order valence-electron chi connectivity index (χ0n) is 11.8. The molecular weight excluding hydrogens is 266 g/mol. The molecule has 0 radical (unpaired) electrons. The first kappa shape index (κ1) is 15.9. The summed E-state index contributed by atoms with van der Waals surface area (Å²) in [6.45, 7) is 7.10. The number of nitrogens with zero attached hydrogens (tertiary/aromatic N) is 4. The molecule has 0 saturated heterocycles. The predicted octanol–water partition coefficient (Wildman–Crippen LogP) is 0.887. The van der Waals surface area contributed by atoms with Crippen LogP contribution in [0.5, 0.6) is 0 Å². The highest BCUT2D eigenvalue weighted by Crippen LogP contribution is 2.22. The number of methoxy groups -OCH3 is 1. The number of carbonyl (C=O) groups is 1. The second-order valence-corrected chi connectivity index (χ2v) is 5.71. The molecule has 1 aromatic rings. The second-order valence-electron chi connectivity index (χ2n) is 4.40. The van der Waals surface area contributed by atoms with Gasteiger partial charge < -0.3 is 10.1 Å². The Morgan fingerprint density at radius 2 is 2.21 bits per heavy atom. The van der Waals surface area contributed by atoms with Gasteiger partial charge in [0.25, 0.3) is 0 Å². The average Bonchev–Trinajstić information content (AvgIpc) is 2.82. The number of amides is 1. The fourth-order valence-electron chi connectivity index (χ4n) is 1.37. The Kier molecular flexibility index (Phi) is 6.79. The van der Waals surface area contributed by atoms with Crippen molar-refractivity contribution in [3.05, 3.63) is 0 Å². The normalized spacial score (nSPS) is 12.7. The van der Waals surface area contributed by atoms with Crippen molar-refractivity contribution < 1.29 is 9.53 Å². The minimum absolute atomic E-state index is 0.0144. The maximum absolute atomic E-state index is 11.9. The van der Waals surface area contributed by atoms with E-state index < -0.39 is 0 Å². The van der Waals surface area contributed by atoms with E-state index in [1.807, 2.05) is 20.8 Å². The quantitative estimate of drug-likeness (QED) is 0.565. The van der Waals surface area contributed by atoms with Crippen LogP contribution in [0.4, 0.5) is 0 Å². The fourth-order valence-corrected chi connectivity index (χ4v) is 2.32. The number of hydrogen-bond acceptors (Lipinski definition) is 6. The summed E-state index contributed by atoms with van der Waals surface area (Å²) < 4.78 is 6.63. The molecule has 0 aliphatic rings. The highest BCUT2D eigenvalue weighted by Gasteiger charge is 2.18. The molecule has 1 amide bonds. The first-order valence-electron chi connectivity index (χ1n) is 6.27. The summed E-state index contributed by atoms with van der Waals surface area (Å²) in [5.41, 5.74) is 0. The molecule has 0 aromatic carbocycles. The van der Waals surface area contributed by atoms with Gasteiger partial charge in [0.05, 0.1) is 11.3 Å². The molecule has 19 heavy (non-hydrogen) atoms. The van der Waals surface area contributed by atoms with Crippen LogP contribution in [0.25, 0.3) is 0 Å². The lowest BCUT2D eigenvalue weighted by molar-refractivity contribution is -0.120. The lowest BCUT2D eigenvalue weighted by Gasteiger charge is -2.12. The summed E-state index contributed by atoms with van der Waals surface area (Å²) in [5, 5.41) is 14.8. The number of tetrazole rings is 1. The number of nitrogens with one attached hydrogen (secondary N) is 1. The van der Waals surface area contributed by atoms with E-state index in [0.717, 1.165) is 6.42 Å². The lowest BCUT2D eigenvalue weighted by Crippen LogP contribution is -2.32. The molecule has 1 atom stereocenters. The van der Waals surface area contributed by atoms with Crippen molar-refractivity contribution >= 4 is 17.7 Å². The summed E-state index contributed by atoms with van der Waals surface area (Å²) in [5.74, 6) is -0.0144. The van der Waals surface area contributed by atoms with Crippen molar-refractivity contribution in [3.8, 4) is 0 Å². The van der Waals surface area contributed by atoms with E-state index in [2.05, 4.69) is 20.8 Å². The average molecular weight is 287 g/mol. The molecular formula is C11H21N5O2S. The van der Waals surface area contributed by atoms with Crippen molar-refractivity contribution in [2.45, 2.75) is 43.6 Å². The summed E-state index contributed by atoms with van der Waals surface area (Å²) in [4.78, 5) is 11.9. The van der Waals surface area contributed by atoms with Crippen molar-refractivity contribution in [1.29, 1.82) is 0 Å². The van der Waals surface area contributed by atoms with Crippen LogP contribution in [0, 0.1) is 0 Å². The van der Waals surface area contributed by atoms with Gasteiger partial charge in [-0.05, 0) is 37.6 Å². The largest absolute Gasteiger partial charge is 0.385 e. The SMILES string of the molecule is COCCCNC(=O)C(C)Sc1nnnn1C(C)C. The van der Waals surface area contributed by atoms with E-state index in [4.69, 9.17) is 4.74 Å². The maximum Gasteiger partial charge on any atom is 0.233 e. The Labute approximate surface area is 117 Å². The molecule has 0 aliphatic heterocycles. The Morgan fingerprint density at radius 3 is 2.84 bits per heavy atom. The monoisotopic (exact) mass is 287 g/mol. The van der Waals surface area contributed by atoms with E-state index in [-0.39, 0.29) is 17.2 Å². The van der Waals surface area contributed by atoms with Gasteiger partial charge in [0, 0.05) is 20.3 Å². The molecule has 0 spiro atoms. The molecule has 8 heteroatoms. The van der Waals surface area contributed by atoms with Crippen molar-refractivity contribution in [3.63, 3.8) is 0 Å². The number of aromatic nitrogens is 4. The summed E-state index contributed by atoms with van der Waals surface area (Å²) in [7, 11) is 1.64. The van der Waals surface area contributed by atoms with E-state index in [9.17, 15) is 4.79 Å². The molecule has 0 aliphatic carbocycles. The zero-order valence-corrected chi connectivity index (χ0v) is 12.6. The van der Waals surface area contributed by atoms with Gasteiger partial charge in [-0.25, -0.2) is 4.68 Å². The minimum Gasteiger partial charge on any atom is -0.385 e. The maximum atomic E-state index is 11.9. The van der Waals surface area contributed by atoms with Gasteiger partial charge in [0.15, 0.2) is 0 Å². The topological polar surface area (TPSA) is 81.9 Å². The molecule has 0 saturated carbocycles.